The maximum atomic E-state index is 12.4. The summed E-state index contributed by atoms with van der Waals surface area (Å²) in [5, 5.41) is 14.8. The summed E-state index contributed by atoms with van der Waals surface area (Å²) < 4.78 is 5.44. The first kappa shape index (κ1) is 20.4. The van der Waals surface area contributed by atoms with E-state index in [2.05, 4.69) is 10.2 Å². The van der Waals surface area contributed by atoms with Gasteiger partial charge in [-0.2, -0.15) is 0 Å². The van der Waals surface area contributed by atoms with Crippen LogP contribution in [-0.2, 0) is 4.74 Å². The van der Waals surface area contributed by atoms with Crippen LogP contribution in [0.15, 0.2) is 48.5 Å². The lowest BCUT2D eigenvalue weighted by Crippen LogP contribution is -2.43. The molecule has 0 radical (unpaired) electrons. The molecule has 1 heterocycles. The molecule has 0 bridgehead atoms. The zero-order chi connectivity index (χ0) is 19.9. The third-order valence-electron chi connectivity index (χ3n) is 4.74. The predicted molar refractivity (Wildman–Crippen MR) is 107 cm³/mol. The van der Waals surface area contributed by atoms with Gasteiger partial charge in [0, 0.05) is 48.4 Å². The monoisotopic (exact) mass is 403 g/mol. The minimum Gasteiger partial charge on any atom is -0.379 e. The fourth-order valence-electron chi connectivity index (χ4n) is 3.25. The third-order valence-corrected chi connectivity index (χ3v) is 5.00. The molecule has 1 unspecified atom stereocenters. The number of rotatable bonds is 8. The molecule has 148 valence electrons. The van der Waals surface area contributed by atoms with Gasteiger partial charge in [-0.1, -0.05) is 35.9 Å². The lowest BCUT2D eigenvalue weighted by atomic mass is 10.0. The minimum atomic E-state index is -0.501. The molecule has 0 amide bonds. The Morgan fingerprint density at radius 3 is 2.61 bits per heavy atom. The molecule has 0 aromatic heterocycles. The average Bonchev–Trinajstić information content (AvgIpc) is 2.72. The third kappa shape index (κ3) is 5.36. The van der Waals surface area contributed by atoms with Crippen molar-refractivity contribution in [3.05, 3.63) is 74.8 Å². The van der Waals surface area contributed by atoms with E-state index in [0.717, 1.165) is 18.7 Å². The Balaban J connectivity index is 1.64. The van der Waals surface area contributed by atoms with E-state index < -0.39 is 4.92 Å². The number of nitro benzene ring substituents is 1. The molecule has 8 heteroatoms. The maximum Gasteiger partial charge on any atom is 0.270 e. The molecular weight excluding hydrogens is 382 g/mol. The maximum absolute atomic E-state index is 12.4. The highest BCUT2D eigenvalue weighted by atomic mass is 35.5. The van der Waals surface area contributed by atoms with Crippen molar-refractivity contribution in [1.29, 1.82) is 0 Å². The second-order valence-corrected chi connectivity index (χ2v) is 7.01. The Labute approximate surface area is 168 Å². The van der Waals surface area contributed by atoms with E-state index in [0.29, 0.717) is 30.3 Å². The molecule has 2 aromatic carbocycles. The second-order valence-electron chi connectivity index (χ2n) is 6.58. The zero-order valence-corrected chi connectivity index (χ0v) is 16.1. The minimum absolute atomic E-state index is 0.0825. The van der Waals surface area contributed by atoms with Crippen LogP contribution in [0.5, 0.6) is 0 Å². The molecule has 3 rings (SSSR count). The first-order valence-electron chi connectivity index (χ1n) is 9.10. The van der Waals surface area contributed by atoms with Gasteiger partial charge in [0.15, 0.2) is 5.78 Å². The summed E-state index contributed by atoms with van der Waals surface area (Å²) in [6.07, 6.45) is 0. The van der Waals surface area contributed by atoms with Gasteiger partial charge < -0.3 is 10.1 Å². The zero-order valence-electron chi connectivity index (χ0n) is 15.3. The van der Waals surface area contributed by atoms with Gasteiger partial charge in [0.05, 0.1) is 24.7 Å². The van der Waals surface area contributed by atoms with E-state index in [9.17, 15) is 14.9 Å². The largest absolute Gasteiger partial charge is 0.379 e. The van der Waals surface area contributed by atoms with Crippen LogP contribution in [0.25, 0.3) is 0 Å². The fourth-order valence-corrected chi connectivity index (χ4v) is 3.38. The van der Waals surface area contributed by atoms with Crippen LogP contribution in [0.3, 0.4) is 0 Å². The SMILES string of the molecule is O=C(CNCC(c1ccc(Cl)cc1)N1CCOCC1)c1cccc([N+](=O)[O-])c1. The van der Waals surface area contributed by atoms with Crippen molar-refractivity contribution in [2.24, 2.45) is 0 Å². The normalized spacial score (nSPS) is 15.9. The van der Waals surface area contributed by atoms with E-state index >= 15 is 0 Å². The van der Waals surface area contributed by atoms with Gasteiger partial charge in [-0.3, -0.25) is 19.8 Å². The molecule has 1 atom stereocenters. The first-order valence-corrected chi connectivity index (χ1v) is 9.48. The lowest BCUT2D eigenvalue weighted by molar-refractivity contribution is -0.384. The topological polar surface area (TPSA) is 84.7 Å². The van der Waals surface area contributed by atoms with Gasteiger partial charge in [0.1, 0.15) is 0 Å². The summed E-state index contributed by atoms with van der Waals surface area (Å²) in [5.41, 5.74) is 1.36. The first-order chi connectivity index (χ1) is 13.5. The van der Waals surface area contributed by atoms with Crippen molar-refractivity contribution in [2.75, 3.05) is 39.4 Å². The van der Waals surface area contributed by atoms with Crippen LogP contribution in [0.4, 0.5) is 5.69 Å². The summed E-state index contributed by atoms with van der Waals surface area (Å²) in [6.45, 7) is 3.66. The smallest absolute Gasteiger partial charge is 0.270 e. The summed E-state index contributed by atoms with van der Waals surface area (Å²) >= 11 is 6.01. The van der Waals surface area contributed by atoms with Crippen molar-refractivity contribution in [3.63, 3.8) is 0 Å². The summed E-state index contributed by atoms with van der Waals surface area (Å²) in [6, 6.07) is 13.6. The number of carbonyl (C=O) groups is 1. The van der Waals surface area contributed by atoms with Crippen LogP contribution in [0.2, 0.25) is 5.02 Å². The average molecular weight is 404 g/mol. The van der Waals surface area contributed by atoms with Gasteiger partial charge in [-0.25, -0.2) is 0 Å². The van der Waals surface area contributed by atoms with Crippen molar-refractivity contribution in [2.45, 2.75) is 6.04 Å². The summed E-state index contributed by atoms with van der Waals surface area (Å²) in [4.78, 5) is 25.1. The highest BCUT2D eigenvalue weighted by Crippen LogP contribution is 2.23. The van der Waals surface area contributed by atoms with Gasteiger partial charge >= 0.3 is 0 Å². The number of hydrogen-bond donors (Lipinski definition) is 1. The summed E-state index contributed by atoms with van der Waals surface area (Å²) in [5.74, 6) is -0.180. The Bertz CT molecular complexity index is 822. The van der Waals surface area contributed by atoms with Crippen molar-refractivity contribution < 1.29 is 14.5 Å². The van der Waals surface area contributed by atoms with E-state index in [-0.39, 0.29) is 24.1 Å². The molecule has 0 spiro atoms. The van der Waals surface area contributed by atoms with E-state index in [1.165, 1.54) is 18.2 Å². The molecule has 2 aromatic rings. The number of morpholine rings is 1. The number of nitrogens with one attached hydrogen (secondary N) is 1. The van der Waals surface area contributed by atoms with Crippen molar-refractivity contribution >= 4 is 23.1 Å². The number of nitro groups is 1. The molecule has 1 aliphatic rings. The van der Waals surface area contributed by atoms with Crippen molar-refractivity contribution in [3.8, 4) is 0 Å². The number of ketones is 1. The molecule has 1 saturated heterocycles. The highest BCUT2D eigenvalue weighted by Gasteiger charge is 2.23. The van der Waals surface area contributed by atoms with Crippen LogP contribution >= 0.6 is 11.6 Å². The number of ether oxygens (including phenoxy) is 1. The number of benzene rings is 2. The standard InChI is InChI=1S/C20H22ClN3O4/c21-17-6-4-15(5-7-17)19(23-8-10-28-11-9-23)13-22-14-20(25)16-2-1-3-18(12-16)24(26)27/h1-7,12,19,22H,8-11,13-14H2. The van der Waals surface area contributed by atoms with E-state index in [4.69, 9.17) is 16.3 Å². The highest BCUT2D eigenvalue weighted by molar-refractivity contribution is 6.30. The van der Waals surface area contributed by atoms with Gasteiger partial charge in [0.25, 0.3) is 5.69 Å². The lowest BCUT2D eigenvalue weighted by Gasteiger charge is -2.35. The molecule has 28 heavy (non-hydrogen) atoms. The van der Waals surface area contributed by atoms with Crippen molar-refractivity contribution in [1.82, 2.24) is 10.2 Å². The quantitative estimate of drug-likeness (QED) is 0.414. The molecule has 1 N–H and O–H groups in total. The van der Waals surface area contributed by atoms with Gasteiger partial charge in [0.2, 0.25) is 0 Å². The molecule has 0 saturated carbocycles. The molecule has 0 aliphatic carbocycles. The Kier molecular flexibility index (Phi) is 7.11. The number of halogens is 1. The summed E-state index contributed by atoms with van der Waals surface area (Å²) in [7, 11) is 0. The molecule has 1 fully saturated rings. The van der Waals surface area contributed by atoms with Crippen LogP contribution < -0.4 is 5.32 Å². The molecule has 7 nitrogen and oxygen atoms in total. The van der Waals surface area contributed by atoms with Gasteiger partial charge in [-0.15, -0.1) is 0 Å². The predicted octanol–water partition coefficient (Wildman–Crippen LogP) is 3.09. The Morgan fingerprint density at radius 1 is 1.21 bits per heavy atom. The number of nitrogens with zero attached hydrogens (tertiary/aromatic N) is 2. The number of non-ortho nitro benzene ring substituents is 1. The number of hydrogen-bond acceptors (Lipinski definition) is 6. The Morgan fingerprint density at radius 2 is 1.93 bits per heavy atom. The fraction of sp³-hybridized carbons (Fsp3) is 0.350. The van der Waals surface area contributed by atoms with Gasteiger partial charge in [-0.05, 0) is 17.7 Å². The Hall–Kier alpha value is -2.32. The molecule has 1 aliphatic heterocycles. The second kappa shape index (κ2) is 9.75. The van der Waals surface area contributed by atoms with Crippen LogP contribution in [0, 0.1) is 10.1 Å². The van der Waals surface area contributed by atoms with E-state index in [1.54, 1.807) is 6.07 Å². The number of carbonyl (C=O) groups excluding carboxylic acids is 1. The van der Waals surface area contributed by atoms with E-state index in [1.807, 2.05) is 24.3 Å². The van der Waals surface area contributed by atoms with Crippen LogP contribution in [-0.4, -0.2) is 55.0 Å². The van der Waals surface area contributed by atoms with Crippen LogP contribution in [0.1, 0.15) is 22.0 Å². The molecular formula is C20H22ClN3O4. The number of Topliss-reactive ketones (excluding diaryl/α,β-unsaturated/α-hetero) is 1.